The van der Waals surface area contributed by atoms with Crippen molar-refractivity contribution in [3.8, 4) is 0 Å². The Balaban J connectivity index is 0.00000484. The first-order valence-corrected chi connectivity index (χ1v) is 9.05. The Bertz CT molecular complexity index is 455. The van der Waals surface area contributed by atoms with Crippen LogP contribution >= 0.6 is 35.3 Å². The molecule has 23 heavy (non-hydrogen) atoms. The minimum atomic E-state index is 0. The molecule has 0 radical (unpaired) electrons. The number of hydrogen-bond acceptors (Lipinski definition) is 3. The highest BCUT2D eigenvalue weighted by Gasteiger charge is 2.20. The molecule has 0 aliphatic heterocycles. The third-order valence-electron chi connectivity index (χ3n) is 4.34. The zero-order chi connectivity index (χ0) is 16.5. The molecule has 0 fully saturated rings. The molecule has 0 bridgehead atoms. The summed E-state index contributed by atoms with van der Waals surface area (Å²) in [6.45, 7) is 8.46. The van der Waals surface area contributed by atoms with Gasteiger partial charge in [0.2, 0.25) is 0 Å². The van der Waals surface area contributed by atoms with Gasteiger partial charge in [0.05, 0.1) is 6.54 Å². The number of nitrogens with one attached hydrogen (secondary N) is 2. The Morgan fingerprint density at radius 3 is 2.35 bits per heavy atom. The SMILES string of the molecule is CCC(CC)C(CNC(=NC)NCc1sccc1C)N(C)C.I. The zero-order valence-corrected chi connectivity index (χ0v) is 18.5. The summed E-state index contributed by atoms with van der Waals surface area (Å²) in [6.07, 6.45) is 2.42. The number of hydrogen-bond donors (Lipinski definition) is 2. The molecule has 1 rings (SSSR count). The second-order valence-electron chi connectivity index (χ2n) is 5.94. The number of aliphatic imine (C=N–C) groups is 1. The third kappa shape index (κ3) is 7.39. The maximum absolute atomic E-state index is 4.34. The summed E-state index contributed by atoms with van der Waals surface area (Å²) < 4.78 is 0. The second-order valence-corrected chi connectivity index (χ2v) is 6.94. The number of guanidine groups is 1. The van der Waals surface area contributed by atoms with E-state index in [9.17, 15) is 0 Å². The van der Waals surface area contributed by atoms with Gasteiger partial charge in [0, 0.05) is 24.5 Å². The van der Waals surface area contributed by atoms with Crippen LogP contribution in [0.5, 0.6) is 0 Å². The fourth-order valence-electron chi connectivity index (χ4n) is 2.77. The quantitative estimate of drug-likeness (QED) is 0.359. The Morgan fingerprint density at radius 2 is 1.91 bits per heavy atom. The fourth-order valence-corrected chi connectivity index (χ4v) is 3.62. The molecule has 1 atom stereocenters. The van der Waals surface area contributed by atoms with Gasteiger partial charge < -0.3 is 15.5 Å². The van der Waals surface area contributed by atoms with E-state index < -0.39 is 0 Å². The highest BCUT2D eigenvalue weighted by Crippen LogP contribution is 2.16. The van der Waals surface area contributed by atoms with Crippen molar-refractivity contribution in [3.63, 3.8) is 0 Å². The summed E-state index contributed by atoms with van der Waals surface area (Å²) in [4.78, 5) is 8.03. The van der Waals surface area contributed by atoms with Crippen molar-refractivity contribution in [1.29, 1.82) is 0 Å². The molecule has 0 spiro atoms. The molecular weight excluding hydrogens is 419 g/mol. The first kappa shape index (κ1) is 22.7. The van der Waals surface area contributed by atoms with E-state index in [0.717, 1.165) is 19.0 Å². The van der Waals surface area contributed by atoms with Crippen molar-refractivity contribution >= 4 is 41.3 Å². The van der Waals surface area contributed by atoms with E-state index in [2.05, 4.69) is 66.8 Å². The molecule has 0 saturated heterocycles. The number of likely N-dealkylation sites (N-methyl/N-ethyl adjacent to an activating group) is 1. The lowest BCUT2D eigenvalue weighted by atomic mass is 9.93. The molecule has 1 heterocycles. The molecule has 0 saturated carbocycles. The Labute approximate surface area is 163 Å². The predicted molar refractivity (Wildman–Crippen MR) is 114 cm³/mol. The monoisotopic (exact) mass is 452 g/mol. The lowest BCUT2D eigenvalue weighted by Crippen LogP contribution is -2.47. The van der Waals surface area contributed by atoms with Crippen LogP contribution in [-0.2, 0) is 6.54 Å². The lowest BCUT2D eigenvalue weighted by Gasteiger charge is -2.32. The summed E-state index contributed by atoms with van der Waals surface area (Å²) in [7, 11) is 6.16. The van der Waals surface area contributed by atoms with Gasteiger partial charge in [-0.1, -0.05) is 26.7 Å². The zero-order valence-electron chi connectivity index (χ0n) is 15.3. The number of halogens is 1. The maximum atomic E-state index is 4.34. The van der Waals surface area contributed by atoms with Crippen molar-refractivity contribution < 1.29 is 0 Å². The van der Waals surface area contributed by atoms with Crippen molar-refractivity contribution in [1.82, 2.24) is 15.5 Å². The molecule has 1 aromatic heterocycles. The highest BCUT2D eigenvalue weighted by molar-refractivity contribution is 14.0. The molecule has 1 aromatic rings. The van der Waals surface area contributed by atoms with Crippen LogP contribution in [0, 0.1) is 12.8 Å². The van der Waals surface area contributed by atoms with Crippen LogP contribution in [0.25, 0.3) is 0 Å². The van der Waals surface area contributed by atoms with Crippen molar-refractivity contribution in [3.05, 3.63) is 21.9 Å². The maximum Gasteiger partial charge on any atom is 0.191 e. The molecule has 0 aromatic carbocycles. The van der Waals surface area contributed by atoms with Gasteiger partial charge in [0.25, 0.3) is 0 Å². The predicted octanol–water partition coefficient (Wildman–Crippen LogP) is 3.71. The first-order chi connectivity index (χ1) is 10.5. The number of aryl methyl sites for hydroxylation is 1. The summed E-state index contributed by atoms with van der Waals surface area (Å²) in [5.41, 5.74) is 1.34. The average Bonchev–Trinajstić information content (AvgIpc) is 2.91. The summed E-state index contributed by atoms with van der Waals surface area (Å²) in [5.74, 6) is 1.59. The Kier molecular flexibility index (Phi) is 11.9. The second kappa shape index (κ2) is 12.1. The van der Waals surface area contributed by atoms with Crippen LogP contribution in [0.3, 0.4) is 0 Å². The molecule has 0 aliphatic rings. The largest absolute Gasteiger partial charge is 0.355 e. The first-order valence-electron chi connectivity index (χ1n) is 8.17. The number of thiophene rings is 1. The number of rotatable bonds is 8. The summed E-state index contributed by atoms with van der Waals surface area (Å²) in [6, 6.07) is 2.68. The minimum absolute atomic E-state index is 0. The Hall–Kier alpha value is -0.340. The van der Waals surface area contributed by atoms with Crippen LogP contribution in [0.2, 0.25) is 0 Å². The van der Waals surface area contributed by atoms with Crippen LogP contribution in [0.4, 0.5) is 0 Å². The topological polar surface area (TPSA) is 39.7 Å². The molecule has 2 N–H and O–H groups in total. The van der Waals surface area contributed by atoms with Gasteiger partial charge in [-0.25, -0.2) is 0 Å². The van der Waals surface area contributed by atoms with Crippen molar-refractivity contribution in [2.45, 2.75) is 46.2 Å². The summed E-state index contributed by atoms with van der Waals surface area (Å²) >= 11 is 1.79. The van der Waals surface area contributed by atoms with Crippen LogP contribution in [-0.4, -0.2) is 44.6 Å². The van der Waals surface area contributed by atoms with E-state index in [0.29, 0.717) is 12.0 Å². The van der Waals surface area contributed by atoms with E-state index in [1.54, 1.807) is 11.3 Å². The molecule has 1 unspecified atom stereocenters. The average molecular weight is 452 g/mol. The molecule has 6 heteroatoms. The van der Waals surface area contributed by atoms with Crippen molar-refractivity contribution in [2.24, 2.45) is 10.9 Å². The van der Waals surface area contributed by atoms with Gasteiger partial charge in [0.15, 0.2) is 5.96 Å². The van der Waals surface area contributed by atoms with E-state index in [4.69, 9.17) is 0 Å². The van der Waals surface area contributed by atoms with Crippen LogP contribution in [0.1, 0.15) is 37.1 Å². The van der Waals surface area contributed by atoms with E-state index in [1.165, 1.54) is 23.3 Å². The molecule has 134 valence electrons. The molecule has 0 amide bonds. The van der Waals surface area contributed by atoms with E-state index >= 15 is 0 Å². The standard InChI is InChI=1S/C17H32N4S.HI/c1-7-14(8-2)15(21(5)6)11-19-17(18-4)20-12-16-13(3)9-10-22-16;/h9-10,14-15H,7-8,11-12H2,1-6H3,(H2,18,19,20);1H. The van der Waals surface area contributed by atoms with Crippen molar-refractivity contribution in [2.75, 3.05) is 27.7 Å². The smallest absolute Gasteiger partial charge is 0.191 e. The van der Waals surface area contributed by atoms with E-state index in [-0.39, 0.29) is 24.0 Å². The van der Waals surface area contributed by atoms with Gasteiger partial charge in [-0.15, -0.1) is 35.3 Å². The molecular formula is C17H33IN4S. The van der Waals surface area contributed by atoms with Crippen LogP contribution in [0.15, 0.2) is 16.4 Å². The summed E-state index contributed by atoms with van der Waals surface area (Å²) in [5, 5.41) is 9.03. The van der Waals surface area contributed by atoms with Gasteiger partial charge in [-0.2, -0.15) is 0 Å². The lowest BCUT2D eigenvalue weighted by molar-refractivity contribution is 0.200. The normalized spacial score (nSPS) is 13.1. The van der Waals surface area contributed by atoms with Gasteiger partial charge in [0.1, 0.15) is 0 Å². The van der Waals surface area contributed by atoms with Gasteiger partial charge in [-0.3, -0.25) is 4.99 Å². The molecule has 0 aliphatic carbocycles. The van der Waals surface area contributed by atoms with Crippen LogP contribution < -0.4 is 10.6 Å². The third-order valence-corrected chi connectivity index (χ3v) is 5.37. The molecule has 4 nitrogen and oxygen atoms in total. The van der Waals surface area contributed by atoms with Gasteiger partial charge >= 0.3 is 0 Å². The van der Waals surface area contributed by atoms with Gasteiger partial charge in [-0.05, 0) is 43.9 Å². The Morgan fingerprint density at radius 1 is 1.26 bits per heavy atom. The number of nitrogens with zero attached hydrogens (tertiary/aromatic N) is 2. The highest BCUT2D eigenvalue weighted by atomic mass is 127. The van der Waals surface area contributed by atoms with E-state index in [1.807, 2.05) is 7.05 Å². The minimum Gasteiger partial charge on any atom is -0.355 e. The fraction of sp³-hybridized carbons (Fsp3) is 0.706.